The second-order valence-corrected chi connectivity index (χ2v) is 22.5. The molecule has 0 aliphatic carbocycles. The summed E-state index contributed by atoms with van der Waals surface area (Å²) < 4.78 is 23.7. The number of rotatable bonds is 53. The Labute approximate surface area is 399 Å². The number of phosphoric ester groups is 1. The Bertz CT molecular complexity index is 1010. The van der Waals surface area contributed by atoms with Crippen molar-refractivity contribution in [3.8, 4) is 0 Å². The highest BCUT2D eigenvalue weighted by molar-refractivity contribution is 7.47. The predicted octanol–water partition coefficient (Wildman–Crippen LogP) is 16.9. The van der Waals surface area contributed by atoms with Gasteiger partial charge < -0.3 is 19.8 Å². The number of aliphatic hydroxyl groups is 1. The van der Waals surface area contributed by atoms with Crippen LogP contribution in [0.3, 0.4) is 0 Å². The van der Waals surface area contributed by atoms with Crippen LogP contribution in [0.25, 0.3) is 0 Å². The third-order valence-electron chi connectivity index (χ3n) is 13.4. The molecule has 0 saturated carbocycles. The molecule has 0 aromatic heterocycles. The lowest BCUT2D eigenvalue weighted by molar-refractivity contribution is -0.870. The van der Waals surface area contributed by atoms with Crippen LogP contribution in [0, 0.1) is 0 Å². The molecule has 0 radical (unpaired) electrons. The molecule has 64 heavy (non-hydrogen) atoms. The zero-order valence-corrected chi connectivity index (χ0v) is 44.7. The number of nitrogens with zero attached hydrogens (tertiary/aromatic N) is 1. The van der Waals surface area contributed by atoms with Gasteiger partial charge in [0.2, 0.25) is 5.91 Å². The van der Waals surface area contributed by atoms with Gasteiger partial charge in [-0.15, -0.1) is 0 Å². The molecule has 0 aliphatic rings. The number of likely N-dealkylation sites (N-methyl/N-ethyl adjacent to an activating group) is 1. The number of quaternary nitrogens is 1. The fourth-order valence-electron chi connectivity index (χ4n) is 8.87. The van der Waals surface area contributed by atoms with Crippen LogP contribution in [0.5, 0.6) is 0 Å². The highest BCUT2D eigenvalue weighted by Gasteiger charge is 2.28. The van der Waals surface area contributed by atoms with Crippen molar-refractivity contribution in [2.24, 2.45) is 0 Å². The Balaban J connectivity index is 3.95. The van der Waals surface area contributed by atoms with E-state index >= 15 is 0 Å². The summed E-state index contributed by atoms with van der Waals surface area (Å²) in [7, 11) is 1.63. The number of nitrogens with one attached hydrogen (secondary N) is 1. The average molecular weight is 930 g/mol. The molecule has 0 rings (SSSR count). The molecule has 0 aromatic rings. The van der Waals surface area contributed by atoms with E-state index in [1.54, 1.807) is 0 Å². The maximum Gasteiger partial charge on any atom is 0.472 e. The minimum Gasteiger partial charge on any atom is -0.391 e. The van der Waals surface area contributed by atoms with E-state index < -0.39 is 20.0 Å². The Hall–Kier alpha value is -0.500. The first-order chi connectivity index (χ1) is 31.0. The fraction of sp³-hybridized carbons (Fsp3) is 0.982. The van der Waals surface area contributed by atoms with E-state index in [0.717, 1.165) is 38.5 Å². The minimum absolute atomic E-state index is 0.0788. The number of hydrogen-bond donors (Lipinski definition) is 3. The van der Waals surface area contributed by atoms with Gasteiger partial charge in [0.25, 0.3) is 0 Å². The van der Waals surface area contributed by atoms with Crippen LogP contribution in [0.1, 0.15) is 296 Å². The SMILES string of the molecule is CCCCCCCCCCCCCCCCCCCCCCCCCCCCCCCCCC(O)C(COP(=O)(O)OCC[N+](C)(C)C)NC(=O)CCCCCCCCCCCCC. The summed E-state index contributed by atoms with van der Waals surface area (Å²) in [5.74, 6) is -0.141. The Morgan fingerprint density at radius 2 is 0.750 bits per heavy atom. The Morgan fingerprint density at radius 1 is 0.469 bits per heavy atom. The first-order valence-electron chi connectivity index (χ1n) is 28.4. The van der Waals surface area contributed by atoms with Crippen molar-refractivity contribution >= 4 is 13.7 Å². The van der Waals surface area contributed by atoms with E-state index in [0.29, 0.717) is 23.9 Å². The topological polar surface area (TPSA) is 105 Å². The Morgan fingerprint density at radius 3 is 1.05 bits per heavy atom. The molecule has 384 valence electrons. The standard InChI is InChI=1S/C55H113N2O6P/c1-6-8-10-12-14-16-18-19-20-21-22-23-24-25-26-27-28-29-30-31-32-33-34-35-36-37-39-40-42-44-46-48-54(58)53(52-63-64(60,61)62-51-50-57(3,4)5)56-55(59)49-47-45-43-41-38-17-15-13-11-9-7-2/h53-54,58H,6-52H2,1-5H3,(H-,56,59,60,61)/p+1. The van der Waals surface area contributed by atoms with Crippen LogP contribution >= 0.6 is 7.82 Å². The van der Waals surface area contributed by atoms with Gasteiger partial charge in [0.15, 0.2) is 0 Å². The van der Waals surface area contributed by atoms with E-state index in [4.69, 9.17) is 9.05 Å². The highest BCUT2D eigenvalue weighted by atomic mass is 31.2. The van der Waals surface area contributed by atoms with Crippen LogP contribution in [-0.2, 0) is 18.4 Å². The van der Waals surface area contributed by atoms with Gasteiger partial charge in [-0.25, -0.2) is 4.57 Å². The van der Waals surface area contributed by atoms with Crippen molar-refractivity contribution in [1.82, 2.24) is 5.32 Å². The summed E-state index contributed by atoms with van der Waals surface area (Å²) in [6.07, 6.45) is 56.1. The van der Waals surface area contributed by atoms with Crippen molar-refractivity contribution in [2.75, 3.05) is 40.9 Å². The Kier molecular flexibility index (Phi) is 47.2. The number of amides is 1. The minimum atomic E-state index is -4.31. The highest BCUT2D eigenvalue weighted by Crippen LogP contribution is 2.43. The number of carbonyl (C=O) groups is 1. The summed E-state index contributed by atoms with van der Waals surface area (Å²) in [6, 6.07) is -0.753. The van der Waals surface area contributed by atoms with E-state index in [2.05, 4.69) is 19.2 Å². The van der Waals surface area contributed by atoms with Crippen molar-refractivity contribution in [3.63, 3.8) is 0 Å². The number of aliphatic hydroxyl groups excluding tert-OH is 1. The summed E-state index contributed by atoms with van der Waals surface area (Å²) >= 11 is 0. The second-order valence-electron chi connectivity index (χ2n) is 21.0. The molecule has 1 amide bonds. The molecule has 9 heteroatoms. The van der Waals surface area contributed by atoms with E-state index in [9.17, 15) is 19.4 Å². The molecule has 8 nitrogen and oxygen atoms in total. The predicted molar refractivity (Wildman–Crippen MR) is 277 cm³/mol. The number of carbonyl (C=O) groups excluding carboxylic acids is 1. The van der Waals surface area contributed by atoms with Gasteiger partial charge in [-0.05, 0) is 12.8 Å². The second kappa shape index (κ2) is 47.6. The van der Waals surface area contributed by atoms with Gasteiger partial charge in [-0.3, -0.25) is 13.8 Å². The van der Waals surface area contributed by atoms with Crippen LogP contribution in [0.2, 0.25) is 0 Å². The molecule has 3 unspecified atom stereocenters. The van der Waals surface area contributed by atoms with Crippen LogP contribution < -0.4 is 5.32 Å². The molecule has 0 saturated heterocycles. The van der Waals surface area contributed by atoms with Crippen LogP contribution in [0.15, 0.2) is 0 Å². The normalized spacial score (nSPS) is 13.9. The van der Waals surface area contributed by atoms with Crippen LogP contribution in [0.4, 0.5) is 0 Å². The van der Waals surface area contributed by atoms with Crippen molar-refractivity contribution < 1.29 is 32.9 Å². The van der Waals surface area contributed by atoms with E-state index in [-0.39, 0.29) is 19.1 Å². The lowest BCUT2D eigenvalue weighted by atomic mass is 10.0. The van der Waals surface area contributed by atoms with E-state index in [1.165, 1.54) is 231 Å². The molecule has 3 N–H and O–H groups in total. The first kappa shape index (κ1) is 63.5. The smallest absolute Gasteiger partial charge is 0.391 e. The fourth-order valence-corrected chi connectivity index (χ4v) is 9.61. The molecule has 0 spiro atoms. The number of phosphoric acid groups is 1. The van der Waals surface area contributed by atoms with Gasteiger partial charge in [-0.2, -0.15) is 0 Å². The van der Waals surface area contributed by atoms with Gasteiger partial charge in [0.1, 0.15) is 13.2 Å². The van der Waals surface area contributed by atoms with Gasteiger partial charge in [-0.1, -0.05) is 277 Å². The third-order valence-corrected chi connectivity index (χ3v) is 14.3. The zero-order valence-electron chi connectivity index (χ0n) is 43.8. The van der Waals surface area contributed by atoms with Crippen molar-refractivity contribution in [3.05, 3.63) is 0 Å². The summed E-state index contributed by atoms with van der Waals surface area (Å²) in [4.78, 5) is 23.2. The molecule has 3 atom stereocenters. The summed E-state index contributed by atoms with van der Waals surface area (Å²) in [5, 5.41) is 14.0. The largest absolute Gasteiger partial charge is 0.472 e. The number of hydrogen-bond acceptors (Lipinski definition) is 5. The first-order valence-corrected chi connectivity index (χ1v) is 29.9. The van der Waals surface area contributed by atoms with Crippen LogP contribution in [-0.4, -0.2) is 73.4 Å². The van der Waals surface area contributed by atoms with Gasteiger partial charge in [0.05, 0.1) is 39.9 Å². The quantitative estimate of drug-likeness (QED) is 0.0319. The molecule has 0 aromatic carbocycles. The molecule has 0 aliphatic heterocycles. The van der Waals surface area contributed by atoms with Crippen molar-refractivity contribution in [2.45, 2.75) is 309 Å². The number of unbranched alkanes of at least 4 members (excludes halogenated alkanes) is 40. The van der Waals surface area contributed by atoms with E-state index in [1.807, 2.05) is 21.1 Å². The van der Waals surface area contributed by atoms with Crippen molar-refractivity contribution in [1.29, 1.82) is 0 Å². The molecule has 0 fully saturated rings. The maximum absolute atomic E-state index is 12.9. The average Bonchev–Trinajstić information content (AvgIpc) is 3.25. The molecular formula is C55H114N2O6P+. The zero-order chi connectivity index (χ0) is 47.1. The molecule has 0 heterocycles. The maximum atomic E-state index is 12.9. The van der Waals surface area contributed by atoms with Gasteiger partial charge in [0, 0.05) is 6.42 Å². The summed E-state index contributed by atoms with van der Waals surface area (Å²) in [6.45, 7) is 4.92. The lowest BCUT2D eigenvalue weighted by Gasteiger charge is -2.26. The molecule has 0 bridgehead atoms. The summed E-state index contributed by atoms with van der Waals surface area (Å²) in [5.41, 5.74) is 0. The van der Waals surface area contributed by atoms with Gasteiger partial charge >= 0.3 is 7.82 Å². The lowest BCUT2D eigenvalue weighted by Crippen LogP contribution is -2.46. The third kappa shape index (κ3) is 49.4. The monoisotopic (exact) mass is 930 g/mol. The molecular weight excluding hydrogens is 816 g/mol.